The van der Waals surface area contributed by atoms with Crippen LogP contribution in [0.2, 0.25) is 0 Å². The van der Waals surface area contributed by atoms with Gasteiger partial charge in [0, 0.05) is 19.4 Å². The van der Waals surface area contributed by atoms with E-state index in [9.17, 15) is 14.4 Å². The third-order valence-corrected chi connectivity index (χ3v) is 2.83. The Balaban J connectivity index is 2.59. The highest BCUT2D eigenvalue weighted by Crippen LogP contribution is 2.17. The predicted octanol–water partition coefficient (Wildman–Crippen LogP) is 1.94. The fourth-order valence-electron chi connectivity index (χ4n) is 1.74. The Hall–Kier alpha value is -2.37. The van der Waals surface area contributed by atoms with Crippen LogP contribution in [0.5, 0.6) is 0 Å². The number of nitrogens with one attached hydrogen (secondary N) is 2. The maximum absolute atomic E-state index is 11.8. The van der Waals surface area contributed by atoms with Crippen LogP contribution >= 0.6 is 0 Å². The average Bonchev–Trinajstić information content (AvgIpc) is 2.44. The van der Waals surface area contributed by atoms with Gasteiger partial charge in [-0.3, -0.25) is 9.59 Å². The van der Waals surface area contributed by atoms with Gasteiger partial charge in [-0.15, -0.1) is 0 Å². The van der Waals surface area contributed by atoms with Gasteiger partial charge in [0.05, 0.1) is 11.3 Å². The number of hydrogen-bond acceptors (Lipinski definition) is 3. The smallest absolute Gasteiger partial charge is 0.337 e. The molecule has 0 saturated carbocycles. The van der Waals surface area contributed by atoms with Crippen molar-refractivity contribution in [1.29, 1.82) is 0 Å². The number of carbonyl (C=O) groups excluding carboxylic acids is 2. The summed E-state index contributed by atoms with van der Waals surface area (Å²) in [5.74, 6) is -1.67. The fraction of sp³-hybridized carbons (Fsp3) is 0.400. The van der Waals surface area contributed by atoms with E-state index in [4.69, 9.17) is 5.11 Å². The molecule has 0 bridgehead atoms. The summed E-state index contributed by atoms with van der Waals surface area (Å²) in [5, 5.41) is 14.3. The summed E-state index contributed by atoms with van der Waals surface area (Å²) in [6.45, 7) is 4.30. The van der Waals surface area contributed by atoms with E-state index >= 15 is 0 Å². The summed E-state index contributed by atoms with van der Waals surface area (Å²) in [7, 11) is 0. The lowest BCUT2D eigenvalue weighted by Gasteiger charge is -2.09. The first-order valence-corrected chi connectivity index (χ1v) is 6.84. The highest BCUT2D eigenvalue weighted by molar-refractivity contribution is 6.01. The molecule has 0 aliphatic heterocycles. The molecule has 0 spiro atoms. The van der Waals surface area contributed by atoms with Gasteiger partial charge in [-0.05, 0) is 25.5 Å². The number of rotatable bonds is 7. The van der Waals surface area contributed by atoms with Crippen LogP contribution in [0.25, 0.3) is 0 Å². The molecule has 0 fully saturated rings. The van der Waals surface area contributed by atoms with E-state index in [-0.39, 0.29) is 35.9 Å². The minimum absolute atomic E-state index is 0.0164. The molecule has 0 unspecified atom stereocenters. The summed E-state index contributed by atoms with van der Waals surface area (Å²) in [6, 6.07) is 4.76. The third-order valence-electron chi connectivity index (χ3n) is 2.83. The topological polar surface area (TPSA) is 95.5 Å². The van der Waals surface area contributed by atoms with Crippen LogP contribution in [0.4, 0.5) is 5.69 Å². The summed E-state index contributed by atoms with van der Waals surface area (Å²) < 4.78 is 0. The molecule has 0 atom stereocenters. The number of carboxylic acid groups (broad SMARTS) is 1. The van der Waals surface area contributed by atoms with Crippen LogP contribution in [0.1, 0.15) is 42.1 Å². The lowest BCUT2D eigenvalue weighted by molar-refractivity contribution is -0.124. The Morgan fingerprint density at radius 1 is 1.14 bits per heavy atom. The SMILES string of the molecule is CCCNC(=O)CCC(=O)Nc1ccc(C)cc1C(=O)O. The number of carboxylic acids is 1. The number of aryl methyl sites for hydroxylation is 1. The van der Waals surface area contributed by atoms with E-state index in [1.807, 2.05) is 6.92 Å². The first kappa shape index (κ1) is 16.7. The van der Waals surface area contributed by atoms with E-state index in [0.29, 0.717) is 6.54 Å². The molecule has 1 aromatic rings. The Kier molecular flexibility index (Phi) is 6.39. The van der Waals surface area contributed by atoms with Crippen molar-refractivity contribution in [3.63, 3.8) is 0 Å². The van der Waals surface area contributed by atoms with Crippen molar-refractivity contribution in [3.8, 4) is 0 Å². The van der Waals surface area contributed by atoms with Crippen molar-refractivity contribution in [2.24, 2.45) is 0 Å². The second-order valence-electron chi connectivity index (χ2n) is 4.75. The number of amides is 2. The molecule has 0 heterocycles. The number of benzene rings is 1. The zero-order valence-electron chi connectivity index (χ0n) is 12.2. The second-order valence-corrected chi connectivity index (χ2v) is 4.75. The van der Waals surface area contributed by atoms with Crippen molar-refractivity contribution in [1.82, 2.24) is 5.32 Å². The van der Waals surface area contributed by atoms with Gasteiger partial charge in [-0.2, -0.15) is 0 Å². The maximum atomic E-state index is 11.8. The summed E-state index contributed by atoms with van der Waals surface area (Å²) in [6.07, 6.45) is 0.936. The van der Waals surface area contributed by atoms with Crippen molar-refractivity contribution < 1.29 is 19.5 Å². The van der Waals surface area contributed by atoms with Crippen LogP contribution < -0.4 is 10.6 Å². The highest BCUT2D eigenvalue weighted by atomic mass is 16.4. The number of carbonyl (C=O) groups is 3. The molecule has 114 valence electrons. The van der Waals surface area contributed by atoms with Crippen LogP contribution in [-0.2, 0) is 9.59 Å². The van der Waals surface area contributed by atoms with Gasteiger partial charge in [-0.1, -0.05) is 18.6 Å². The Labute approximate surface area is 123 Å². The van der Waals surface area contributed by atoms with E-state index in [0.717, 1.165) is 12.0 Å². The van der Waals surface area contributed by atoms with Crippen LogP contribution in [0, 0.1) is 6.92 Å². The third kappa shape index (κ3) is 5.64. The van der Waals surface area contributed by atoms with Crippen LogP contribution in [0.15, 0.2) is 18.2 Å². The zero-order valence-corrected chi connectivity index (χ0v) is 12.2. The van der Waals surface area contributed by atoms with E-state index in [1.54, 1.807) is 19.1 Å². The van der Waals surface area contributed by atoms with Gasteiger partial charge in [0.15, 0.2) is 0 Å². The molecule has 0 aliphatic carbocycles. The van der Waals surface area contributed by atoms with Gasteiger partial charge in [0.1, 0.15) is 0 Å². The molecule has 0 saturated heterocycles. The Morgan fingerprint density at radius 3 is 2.43 bits per heavy atom. The van der Waals surface area contributed by atoms with Crippen molar-refractivity contribution in [2.75, 3.05) is 11.9 Å². The molecule has 3 N–H and O–H groups in total. The first-order chi connectivity index (χ1) is 9.93. The molecule has 0 aromatic heterocycles. The minimum atomic E-state index is -1.10. The number of hydrogen-bond donors (Lipinski definition) is 3. The number of aromatic carboxylic acids is 1. The maximum Gasteiger partial charge on any atom is 0.337 e. The predicted molar refractivity (Wildman–Crippen MR) is 79.3 cm³/mol. The molecule has 6 nitrogen and oxygen atoms in total. The van der Waals surface area contributed by atoms with Crippen LogP contribution in [-0.4, -0.2) is 29.4 Å². The first-order valence-electron chi connectivity index (χ1n) is 6.84. The summed E-state index contributed by atoms with van der Waals surface area (Å²) in [4.78, 5) is 34.3. The summed E-state index contributed by atoms with van der Waals surface area (Å²) in [5.41, 5.74) is 1.08. The van der Waals surface area contributed by atoms with Gasteiger partial charge >= 0.3 is 5.97 Å². The fourth-order valence-corrected chi connectivity index (χ4v) is 1.74. The molecule has 1 aromatic carbocycles. The lowest BCUT2D eigenvalue weighted by Crippen LogP contribution is -2.25. The average molecular weight is 292 g/mol. The molecule has 0 radical (unpaired) electrons. The lowest BCUT2D eigenvalue weighted by atomic mass is 10.1. The Morgan fingerprint density at radius 2 is 1.81 bits per heavy atom. The van der Waals surface area contributed by atoms with Gasteiger partial charge in [0.2, 0.25) is 11.8 Å². The van der Waals surface area contributed by atoms with Crippen LogP contribution in [0.3, 0.4) is 0 Å². The Bertz CT molecular complexity index is 540. The molecule has 2 amide bonds. The molecule has 0 aliphatic rings. The second kappa shape index (κ2) is 8.04. The molecular weight excluding hydrogens is 272 g/mol. The monoisotopic (exact) mass is 292 g/mol. The minimum Gasteiger partial charge on any atom is -0.478 e. The van der Waals surface area contributed by atoms with Gasteiger partial charge in [-0.25, -0.2) is 4.79 Å². The normalized spacial score (nSPS) is 10.0. The van der Waals surface area contributed by atoms with E-state index in [1.165, 1.54) is 6.07 Å². The quantitative estimate of drug-likeness (QED) is 0.715. The molecule has 21 heavy (non-hydrogen) atoms. The molecule has 1 rings (SSSR count). The van der Waals surface area contributed by atoms with Crippen molar-refractivity contribution >= 4 is 23.5 Å². The zero-order chi connectivity index (χ0) is 15.8. The highest BCUT2D eigenvalue weighted by Gasteiger charge is 2.13. The van der Waals surface area contributed by atoms with Crippen molar-refractivity contribution in [3.05, 3.63) is 29.3 Å². The number of anilines is 1. The van der Waals surface area contributed by atoms with Gasteiger partial charge < -0.3 is 15.7 Å². The molecule has 6 heteroatoms. The van der Waals surface area contributed by atoms with E-state index < -0.39 is 5.97 Å². The van der Waals surface area contributed by atoms with E-state index in [2.05, 4.69) is 10.6 Å². The van der Waals surface area contributed by atoms with Gasteiger partial charge in [0.25, 0.3) is 0 Å². The van der Waals surface area contributed by atoms with Crippen molar-refractivity contribution in [2.45, 2.75) is 33.1 Å². The molecular formula is C15H20N2O4. The largest absolute Gasteiger partial charge is 0.478 e. The summed E-state index contributed by atoms with van der Waals surface area (Å²) >= 11 is 0. The standard InChI is InChI=1S/C15H20N2O4/c1-3-8-16-13(18)6-7-14(19)17-12-5-4-10(2)9-11(12)15(20)21/h4-5,9H,3,6-8H2,1-2H3,(H,16,18)(H,17,19)(H,20,21).